The molecule has 0 unspecified atom stereocenters. The Kier molecular flexibility index (Phi) is 6.21. The first-order valence-electron chi connectivity index (χ1n) is 5.93. The van der Waals surface area contributed by atoms with Gasteiger partial charge in [-0.2, -0.15) is 0 Å². The van der Waals surface area contributed by atoms with Crippen LogP contribution in [0.1, 0.15) is 20.7 Å². The van der Waals surface area contributed by atoms with E-state index in [4.69, 9.17) is 14.7 Å². The summed E-state index contributed by atoms with van der Waals surface area (Å²) in [7, 11) is 0. The number of ketones is 2. The van der Waals surface area contributed by atoms with E-state index in [1.165, 1.54) is 0 Å². The van der Waals surface area contributed by atoms with E-state index in [0.29, 0.717) is 11.1 Å². The summed E-state index contributed by atoms with van der Waals surface area (Å²) in [5, 5.41) is 7.35. The Hall–Kier alpha value is -3.08. The van der Waals surface area contributed by atoms with Crippen LogP contribution in [-0.2, 0) is 9.59 Å². The normalized spacial score (nSPS) is 8.95. The van der Waals surface area contributed by atoms with Gasteiger partial charge in [0.25, 0.3) is 0 Å². The van der Waals surface area contributed by atoms with Crippen LogP contribution in [-0.4, -0.2) is 28.9 Å². The molecule has 2 rings (SSSR count). The molecule has 0 saturated carbocycles. The van der Waals surface area contributed by atoms with Crippen molar-refractivity contribution in [3.05, 3.63) is 71.8 Å². The first-order chi connectivity index (χ1) is 10.1. The van der Waals surface area contributed by atoms with Crippen LogP contribution in [0.15, 0.2) is 60.7 Å². The summed E-state index contributed by atoms with van der Waals surface area (Å²) in [6.07, 6.45) is -0.167. The summed E-state index contributed by atoms with van der Waals surface area (Å²) < 4.78 is 0. The third kappa shape index (κ3) is 5.20. The van der Waals surface area contributed by atoms with Gasteiger partial charge in [0.05, 0.1) is 0 Å². The van der Waals surface area contributed by atoms with Gasteiger partial charge in [-0.15, -0.1) is 0 Å². The highest BCUT2D eigenvalue weighted by Crippen LogP contribution is 2.07. The first-order valence-corrected chi connectivity index (χ1v) is 5.93. The van der Waals surface area contributed by atoms with E-state index in [1.54, 1.807) is 48.5 Å². The maximum Gasteiger partial charge on any atom is 0.368 e. The van der Waals surface area contributed by atoms with Crippen molar-refractivity contribution in [2.45, 2.75) is 0 Å². The summed E-state index contributed by atoms with van der Waals surface area (Å²) in [5.41, 5.74) is 0.854. The molecule has 0 heterocycles. The third-order valence-corrected chi connectivity index (χ3v) is 2.38. The van der Waals surface area contributed by atoms with Gasteiger partial charge in [-0.05, 0) is 0 Å². The lowest BCUT2D eigenvalue weighted by Crippen LogP contribution is -2.14. The minimum absolute atomic E-state index is 0.167. The third-order valence-electron chi connectivity index (χ3n) is 2.38. The van der Waals surface area contributed by atoms with Crippen molar-refractivity contribution in [2.24, 2.45) is 0 Å². The molecule has 2 aromatic carbocycles. The molecule has 2 aromatic rings. The Bertz CT molecular complexity index is 583. The summed E-state index contributed by atoms with van der Waals surface area (Å²) in [6.45, 7) is 0. The molecular formula is C16H12O5. The molecule has 0 radical (unpaired) electrons. The van der Waals surface area contributed by atoms with Gasteiger partial charge in [-0.25, -0.2) is 4.79 Å². The van der Waals surface area contributed by atoms with E-state index in [1.807, 2.05) is 12.1 Å². The Labute approximate surface area is 120 Å². The fourth-order valence-electron chi connectivity index (χ4n) is 1.44. The second kappa shape index (κ2) is 8.16. The number of hydrogen-bond acceptors (Lipinski definition) is 4. The number of carbonyl (C=O) groups is 4. The lowest BCUT2D eigenvalue weighted by molar-refractivity contribution is -0.143. The van der Waals surface area contributed by atoms with Crippen LogP contribution >= 0.6 is 0 Å². The molecule has 21 heavy (non-hydrogen) atoms. The topological polar surface area (TPSA) is 88.5 Å². The molecule has 1 N–H and O–H groups in total. The van der Waals surface area contributed by atoms with E-state index in [2.05, 4.69) is 0 Å². The molecule has 0 amide bonds. The molecule has 0 spiro atoms. The van der Waals surface area contributed by atoms with Crippen molar-refractivity contribution < 1.29 is 24.3 Å². The number of benzene rings is 2. The number of carbonyl (C=O) groups excluding carboxylic acids is 3. The maximum absolute atomic E-state index is 11.8. The molecular weight excluding hydrogens is 272 g/mol. The van der Waals surface area contributed by atoms with Gasteiger partial charge in [0.15, 0.2) is 0 Å². The number of Topliss-reactive ketones (excluding diaryl/α,β-unsaturated/α-hetero) is 2. The zero-order valence-electron chi connectivity index (χ0n) is 10.9. The van der Waals surface area contributed by atoms with E-state index in [0.717, 1.165) is 0 Å². The lowest BCUT2D eigenvalue weighted by atomic mass is 10.0. The van der Waals surface area contributed by atoms with E-state index < -0.39 is 17.5 Å². The summed E-state index contributed by atoms with van der Waals surface area (Å²) >= 11 is 0. The minimum Gasteiger partial charge on any atom is -0.476 e. The van der Waals surface area contributed by atoms with Crippen LogP contribution in [0, 0.1) is 0 Å². The number of hydrogen-bond donors (Lipinski definition) is 1. The molecule has 5 heteroatoms. The second-order valence-corrected chi connectivity index (χ2v) is 3.85. The van der Waals surface area contributed by atoms with Crippen LogP contribution in [0.2, 0.25) is 0 Å². The molecule has 0 bridgehead atoms. The highest BCUT2D eigenvalue weighted by atomic mass is 16.4. The molecule has 0 aliphatic heterocycles. The van der Waals surface area contributed by atoms with Crippen molar-refractivity contribution in [3.8, 4) is 0 Å². The largest absolute Gasteiger partial charge is 0.476 e. The molecule has 5 nitrogen and oxygen atoms in total. The zero-order chi connectivity index (χ0) is 15.7. The monoisotopic (exact) mass is 284 g/mol. The predicted octanol–water partition coefficient (Wildman–Crippen LogP) is 2.02. The van der Waals surface area contributed by atoms with Crippen LogP contribution in [0.4, 0.5) is 0 Å². The minimum atomic E-state index is -1.43. The molecule has 0 aromatic heterocycles. The fourth-order valence-corrected chi connectivity index (χ4v) is 1.44. The Morgan fingerprint density at radius 2 is 1.00 bits per heavy atom. The lowest BCUT2D eigenvalue weighted by Gasteiger charge is -1.99. The van der Waals surface area contributed by atoms with Gasteiger partial charge < -0.3 is 5.11 Å². The van der Waals surface area contributed by atoms with Gasteiger partial charge >= 0.3 is 5.97 Å². The van der Waals surface area contributed by atoms with Gasteiger partial charge in [0.1, 0.15) is 0 Å². The molecule has 0 aliphatic rings. The van der Waals surface area contributed by atoms with Crippen molar-refractivity contribution in [1.82, 2.24) is 0 Å². The fraction of sp³-hybridized carbons (Fsp3) is 0. The van der Waals surface area contributed by atoms with Gasteiger partial charge in [-0.1, -0.05) is 60.7 Å². The SMILES string of the molecule is O=C(C(=O)c1ccccc1)c1ccccc1.O=CC(=O)O. The quantitative estimate of drug-likeness (QED) is 0.527. The summed E-state index contributed by atoms with van der Waals surface area (Å²) in [6, 6.07) is 17.2. The summed E-state index contributed by atoms with van der Waals surface area (Å²) in [5.74, 6) is -2.36. The zero-order valence-corrected chi connectivity index (χ0v) is 10.9. The van der Waals surface area contributed by atoms with E-state index in [9.17, 15) is 9.59 Å². The number of carboxylic acid groups (broad SMARTS) is 1. The van der Waals surface area contributed by atoms with Crippen LogP contribution in [0.25, 0.3) is 0 Å². The molecule has 0 fully saturated rings. The predicted molar refractivity (Wildman–Crippen MR) is 75.2 cm³/mol. The van der Waals surface area contributed by atoms with E-state index >= 15 is 0 Å². The number of aldehydes is 1. The van der Waals surface area contributed by atoms with Crippen molar-refractivity contribution in [2.75, 3.05) is 0 Å². The average Bonchev–Trinajstić information content (AvgIpc) is 2.55. The number of aliphatic carboxylic acids is 1. The molecule has 0 atom stereocenters. The maximum atomic E-state index is 11.8. The second-order valence-electron chi connectivity index (χ2n) is 3.85. The Balaban J connectivity index is 0.000000383. The van der Waals surface area contributed by atoms with Crippen molar-refractivity contribution >= 4 is 23.8 Å². The van der Waals surface area contributed by atoms with E-state index in [-0.39, 0.29) is 6.29 Å². The molecule has 106 valence electrons. The first kappa shape index (κ1) is 16.0. The van der Waals surface area contributed by atoms with Gasteiger partial charge in [0.2, 0.25) is 17.9 Å². The van der Waals surface area contributed by atoms with Crippen molar-refractivity contribution in [1.29, 1.82) is 0 Å². The highest BCUT2D eigenvalue weighted by Gasteiger charge is 2.16. The average molecular weight is 284 g/mol. The van der Waals surface area contributed by atoms with Crippen LogP contribution < -0.4 is 0 Å². The Morgan fingerprint density at radius 1 is 0.714 bits per heavy atom. The van der Waals surface area contributed by atoms with Gasteiger partial charge in [-0.3, -0.25) is 14.4 Å². The Morgan fingerprint density at radius 3 is 1.24 bits per heavy atom. The van der Waals surface area contributed by atoms with Crippen LogP contribution in [0.3, 0.4) is 0 Å². The highest BCUT2D eigenvalue weighted by molar-refractivity contribution is 6.49. The molecule has 0 saturated heterocycles. The summed E-state index contributed by atoms with van der Waals surface area (Å²) in [4.78, 5) is 41.5. The van der Waals surface area contributed by atoms with Crippen LogP contribution in [0.5, 0.6) is 0 Å². The van der Waals surface area contributed by atoms with Gasteiger partial charge in [0, 0.05) is 11.1 Å². The number of rotatable bonds is 4. The standard InChI is InChI=1S/C14H10O2.C2H2O3/c15-13(11-7-3-1-4-8-11)14(16)12-9-5-2-6-10-12;3-1-2(4)5/h1-10H;1H,(H,4,5). The molecule has 0 aliphatic carbocycles. The number of carboxylic acids is 1. The smallest absolute Gasteiger partial charge is 0.368 e. The van der Waals surface area contributed by atoms with Crippen molar-refractivity contribution in [3.63, 3.8) is 0 Å².